The van der Waals surface area contributed by atoms with Gasteiger partial charge >= 0.3 is 0 Å². The molecule has 2 atom stereocenters. The van der Waals surface area contributed by atoms with E-state index in [1.807, 2.05) is 43.4 Å². The summed E-state index contributed by atoms with van der Waals surface area (Å²) in [5.74, 6) is 0.118. The van der Waals surface area contributed by atoms with Crippen molar-refractivity contribution in [2.75, 3.05) is 20.2 Å². The fourth-order valence-electron chi connectivity index (χ4n) is 2.65. The van der Waals surface area contributed by atoms with Gasteiger partial charge in [-0.2, -0.15) is 0 Å². The van der Waals surface area contributed by atoms with Crippen molar-refractivity contribution in [2.45, 2.75) is 25.5 Å². The molecule has 28 heavy (non-hydrogen) atoms. The van der Waals surface area contributed by atoms with Gasteiger partial charge in [0.15, 0.2) is 6.61 Å². The minimum atomic E-state index is -0.592. The average molecular weight is 431 g/mol. The summed E-state index contributed by atoms with van der Waals surface area (Å²) in [6, 6.07) is 15.1. The minimum Gasteiger partial charge on any atom is -0.484 e. The zero-order valence-electron chi connectivity index (χ0n) is 16.0. The van der Waals surface area contributed by atoms with Gasteiger partial charge in [-0.25, -0.2) is 0 Å². The third-order valence-electron chi connectivity index (χ3n) is 4.28. The van der Waals surface area contributed by atoms with Crippen LogP contribution in [0, 0.1) is 0 Å². The molecule has 0 saturated heterocycles. The SMILES string of the molecule is CC(Cc1ccc(OCC(N)=O)cc1)N(C)C[C@@H](O)c1cccc(Cl)c1.Cl.O. The highest BCUT2D eigenvalue weighted by atomic mass is 35.5. The van der Waals surface area contributed by atoms with E-state index in [2.05, 4.69) is 11.8 Å². The van der Waals surface area contributed by atoms with Crippen molar-refractivity contribution in [1.29, 1.82) is 0 Å². The first-order chi connectivity index (χ1) is 12.3. The van der Waals surface area contributed by atoms with Crippen LogP contribution in [0.25, 0.3) is 0 Å². The first-order valence-corrected chi connectivity index (χ1v) is 8.86. The number of likely N-dealkylation sites (N-methyl/N-ethyl adjacent to an activating group) is 1. The highest BCUT2D eigenvalue weighted by molar-refractivity contribution is 6.30. The van der Waals surface area contributed by atoms with Crippen LogP contribution in [-0.4, -0.2) is 47.6 Å². The summed E-state index contributed by atoms with van der Waals surface area (Å²) >= 11 is 5.99. The van der Waals surface area contributed by atoms with Crippen LogP contribution in [0.5, 0.6) is 5.75 Å². The molecule has 0 radical (unpaired) electrons. The third kappa shape index (κ3) is 8.46. The second kappa shape index (κ2) is 12.6. The largest absolute Gasteiger partial charge is 0.484 e. The first-order valence-electron chi connectivity index (χ1n) is 8.49. The Kier molecular flexibility index (Phi) is 11.8. The Labute approximate surface area is 177 Å². The van der Waals surface area contributed by atoms with Gasteiger partial charge in [0.05, 0.1) is 6.10 Å². The number of carbonyl (C=O) groups is 1. The number of hydrogen-bond donors (Lipinski definition) is 2. The van der Waals surface area contributed by atoms with Crippen molar-refractivity contribution < 1.29 is 20.1 Å². The molecule has 5 N–H and O–H groups in total. The van der Waals surface area contributed by atoms with Gasteiger partial charge < -0.3 is 26.0 Å². The number of amides is 1. The number of nitrogens with zero attached hydrogens (tertiary/aromatic N) is 1. The van der Waals surface area contributed by atoms with E-state index in [-0.39, 0.29) is 30.5 Å². The first kappa shape index (κ1) is 26.2. The second-order valence-corrected chi connectivity index (χ2v) is 6.90. The number of aliphatic hydroxyl groups excluding tert-OH is 1. The molecule has 0 aliphatic carbocycles. The van der Waals surface area contributed by atoms with E-state index in [0.29, 0.717) is 17.3 Å². The number of halogens is 2. The molecule has 8 heteroatoms. The Morgan fingerprint density at radius 1 is 1.25 bits per heavy atom. The van der Waals surface area contributed by atoms with E-state index in [4.69, 9.17) is 22.1 Å². The van der Waals surface area contributed by atoms with Gasteiger partial charge in [0.2, 0.25) is 0 Å². The second-order valence-electron chi connectivity index (χ2n) is 6.46. The van der Waals surface area contributed by atoms with Crippen LogP contribution < -0.4 is 10.5 Å². The molecule has 1 unspecified atom stereocenters. The van der Waals surface area contributed by atoms with Crippen LogP contribution in [0.3, 0.4) is 0 Å². The predicted molar refractivity (Wildman–Crippen MR) is 114 cm³/mol. The summed E-state index contributed by atoms with van der Waals surface area (Å²) < 4.78 is 5.26. The molecule has 6 nitrogen and oxygen atoms in total. The van der Waals surface area contributed by atoms with Gasteiger partial charge in [-0.1, -0.05) is 35.9 Å². The number of ether oxygens (including phenoxy) is 1. The van der Waals surface area contributed by atoms with Crippen molar-refractivity contribution in [3.8, 4) is 5.75 Å². The molecule has 0 fully saturated rings. The molecule has 0 bridgehead atoms. The van der Waals surface area contributed by atoms with Crippen LogP contribution in [-0.2, 0) is 11.2 Å². The molecule has 0 aliphatic heterocycles. The Hall–Kier alpha value is -1.83. The summed E-state index contributed by atoms with van der Waals surface area (Å²) in [5.41, 5.74) is 7.02. The summed E-state index contributed by atoms with van der Waals surface area (Å²) in [4.78, 5) is 12.8. The summed E-state index contributed by atoms with van der Waals surface area (Å²) in [7, 11) is 1.99. The van der Waals surface area contributed by atoms with Gasteiger partial charge in [-0.15, -0.1) is 12.4 Å². The van der Waals surface area contributed by atoms with Crippen molar-refractivity contribution in [1.82, 2.24) is 4.90 Å². The molecule has 0 aromatic heterocycles. The molecule has 0 aliphatic rings. The van der Waals surface area contributed by atoms with E-state index in [1.165, 1.54) is 0 Å². The van der Waals surface area contributed by atoms with Crippen molar-refractivity contribution in [3.05, 3.63) is 64.7 Å². The van der Waals surface area contributed by atoms with Crippen LogP contribution in [0.1, 0.15) is 24.2 Å². The number of primary amides is 1. The number of rotatable bonds is 9. The Morgan fingerprint density at radius 3 is 2.46 bits per heavy atom. The standard InChI is InChI=1S/C20H25ClN2O3.ClH.H2O/c1-14(10-15-6-8-18(9-7-15)26-13-20(22)25)23(2)12-19(24)16-4-3-5-17(21)11-16;;/h3-9,11,14,19,24H,10,12-13H2,1-2H3,(H2,22,25);1H;1H2/t14?,19-;;/m1../s1. The zero-order valence-corrected chi connectivity index (χ0v) is 17.5. The predicted octanol–water partition coefficient (Wildman–Crippen LogP) is 2.40. The lowest BCUT2D eigenvalue weighted by Gasteiger charge is -2.27. The molecule has 2 aromatic rings. The maximum absolute atomic E-state index is 10.7. The number of aliphatic hydroxyl groups is 1. The van der Waals surface area contributed by atoms with E-state index in [9.17, 15) is 9.90 Å². The normalized spacial score (nSPS) is 12.5. The molecule has 1 amide bonds. The maximum Gasteiger partial charge on any atom is 0.255 e. The lowest BCUT2D eigenvalue weighted by atomic mass is 10.0. The highest BCUT2D eigenvalue weighted by Crippen LogP contribution is 2.20. The summed E-state index contributed by atoms with van der Waals surface area (Å²) in [6.07, 6.45) is 0.236. The molecule has 0 heterocycles. The zero-order chi connectivity index (χ0) is 19.1. The van der Waals surface area contributed by atoms with Gasteiger partial charge in [-0.05, 0) is 55.8 Å². The Morgan fingerprint density at radius 2 is 1.89 bits per heavy atom. The van der Waals surface area contributed by atoms with Crippen LogP contribution in [0.15, 0.2) is 48.5 Å². The van der Waals surface area contributed by atoms with E-state index in [0.717, 1.165) is 17.5 Å². The molecule has 0 spiro atoms. The maximum atomic E-state index is 10.7. The monoisotopic (exact) mass is 430 g/mol. The Balaban J connectivity index is 0.00000364. The number of benzene rings is 2. The van der Waals surface area contributed by atoms with Gasteiger partial charge in [0.1, 0.15) is 5.75 Å². The fraction of sp³-hybridized carbons (Fsp3) is 0.350. The van der Waals surface area contributed by atoms with Gasteiger partial charge in [0, 0.05) is 17.6 Å². The smallest absolute Gasteiger partial charge is 0.255 e. The van der Waals surface area contributed by atoms with Crippen LogP contribution in [0.4, 0.5) is 0 Å². The van der Waals surface area contributed by atoms with E-state index < -0.39 is 12.0 Å². The molecule has 156 valence electrons. The lowest BCUT2D eigenvalue weighted by molar-refractivity contribution is -0.119. The highest BCUT2D eigenvalue weighted by Gasteiger charge is 2.16. The summed E-state index contributed by atoms with van der Waals surface area (Å²) in [5, 5.41) is 11.0. The molecular formula is C20H28Cl2N2O4. The van der Waals surface area contributed by atoms with Crippen molar-refractivity contribution in [3.63, 3.8) is 0 Å². The minimum absolute atomic E-state index is 0. The lowest BCUT2D eigenvalue weighted by Crippen LogP contribution is -2.34. The molecule has 0 saturated carbocycles. The van der Waals surface area contributed by atoms with Crippen LogP contribution in [0.2, 0.25) is 5.02 Å². The summed E-state index contributed by atoms with van der Waals surface area (Å²) in [6.45, 7) is 2.50. The van der Waals surface area contributed by atoms with E-state index in [1.54, 1.807) is 12.1 Å². The fourth-order valence-corrected chi connectivity index (χ4v) is 2.84. The van der Waals surface area contributed by atoms with Crippen LogP contribution >= 0.6 is 24.0 Å². The number of hydrogen-bond acceptors (Lipinski definition) is 4. The van der Waals surface area contributed by atoms with Gasteiger partial charge in [-0.3, -0.25) is 4.79 Å². The molecular weight excluding hydrogens is 403 g/mol. The van der Waals surface area contributed by atoms with Crippen molar-refractivity contribution in [2.24, 2.45) is 5.73 Å². The number of nitrogens with two attached hydrogens (primary N) is 1. The van der Waals surface area contributed by atoms with E-state index >= 15 is 0 Å². The van der Waals surface area contributed by atoms with Crippen molar-refractivity contribution >= 4 is 29.9 Å². The number of carbonyl (C=O) groups excluding carboxylic acids is 1. The van der Waals surface area contributed by atoms with Gasteiger partial charge in [0.25, 0.3) is 5.91 Å². The topological polar surface area (TPSA) is 107 Å². The molecule has 2 aromatic carbocycles. The molecule has 2 rings (SSSR count). The average Bonchev–Trinajstić information content (AvgIpc) is 2.61. The Bertz CT molecular complexity index is 728. The quantitative estimate of drug-likeness (QED) is 0.636. The third-order valence-corrected chi connectivity index (χ3v) is 4.52.